The lowest BCUT2D eigenvalue weighted by molar-refractivity contribution is 0.0958. The molecule has 0 saturated carbocycles. The molecule has 0 bridgehead atoms. The van der Waals surface area contributed by atoms with Crippen LogP contribution in [0, 0.1) is 6.92 Å². The van der Waals surface area contributed by atoms with Gasteiger partial charge >= 0.3 is 0 Å². The Hall–Kier alpha value is -3.21. The number of benzene rings is 1. The normalized spacial score (nSPS) is 14.2. The second-order valence-electron chi connectivity index (χ2n) is 9.28. The van der Waals surface area contributed by atoms with Gasteiger partial charge in [0.1, 0.15) is 0 Å². The topological polar surface area (TPSA) is 59.3 Å². The van der Waals surface area contributed by atoms with Gasteiger partial charge < -0.3 is 9.88 Å². The number of rotatable bonds is 7. The number of carbonyl (C=O) groups is 1. The van der Waals surface area contributed by atoms with E-state index in [-0.39, 0.29) is 5.91 Å². The molecule has 0 atom stereocenters. The fourth-order valence-electron chi connectivity index (χ4n) is 4.71. The van der Waals surface area contributed by atoms with Gasteiger partial charge in [-0.3, -0.25) is 14.8 Å². The summed E-state index contributed by atoms with van der Waals surface area (Å²) in [5.41, 5.74) is 8.67. The molecule has 5 heteroatoms. The molecule has 2 aromatic heterocycles. The molecule has 1 N–H and O–H groups in total. The van der Waals surface area contributed by atoms with Crippen molar-refractivity contribution in [2.75, 3.05) is 13.1 Å². The van der Waals surface area contributed by atoms with Gasteiger partial charge in [-0.1, -0.05) is 25.0 Å². The second kappa shape index (κ2) is 9.74. The molecule has 0 unspecified atom stereocenters. The van der Waals surface area contributed by atoms with Crippen molar-refractivity contribution in [2.24, 2.45) is 4.99 Å². The molecule has 0 fully saturated rings. The Kier molecular flexibility index (Phi) is 6.77. The van der Waals surface area contributed by atoms with E-state index < -0.39 is 0 Å². The zero-order chi connectivity index (χ0) is 23.5. The zero-order valence-corrected chi connectivity index (χ0v) is 20.4. The van der Waals surface area contributed by atoms with Crippen LogP contribution in [0.1, 0.15) is 69.1 Å². The van der Waals surface area contributed by atoms with Crippen LogP contribution in [-0.2, 0) is 0 Å². The molecule has 3 aromatic rings. The Labute approximate surface area is 196 Å². The summed E-state index contributed by atoms with van der Waals surface area (Å²) < 4.78 is 2.22. The van der Waals surface area contributed by atoms with Gasteiger partial charge in [0.2, 0.25) is 0 Å². The Bertz CT molecular complexity index is 1250. The third kappa shape index (κ3) is 4.77. The van der Waals surface area contributed by atoms with Crippen LogP contribution in [0.4, 0.5) is 0 Å². The van der Waals surface area contributed by atoms with E-state index in [9.17, 15) is 4.79 Å². The molecular weight excluding hydrogens is 408 g/mol. The number of aromatic nitrogens is 2. The number of amides is 1. The number of pyridine rings is 1. The lowest BCUT2D eigenvalue weighted by Crippen LogP contribution is -2.28. The first-order valence-electron chi connectivity index (χ1n) is 11.9. The van der Waals surface area contributed by atoms with Crippen LogP contribution < -0.4 is 5.32 Å². The van der Waals surface area contributed by atoms with Crippen LogP contribution in [0.15, 0.2) is 58.9 Å². The number of hydrogen-bond acceptors (Lipinski definition) is 3. The summed E-state index contributed by atoms with van der Waals surface area (Å²) in [4.78, 5) is 22.6. The molecule has 172 valence electrons. The van der Waals surface area contributed by atoms with Gasteiger partial charge in [-0.05, 0) is 69.5 Å². The highest BCUT2D eigenvalue weighted by atomic mass is 16.1. The molecule has 33 heavy (non-hydrogen) atoms. The average molecular weight is 443 g/mol. The van der Waals surface area contributed by atoms with Crippen LogP contribution in [0.3, 0.4) is 0 Å². The summed E-state index contributed by atoms with van der Waals surface area (Å²) in [5.74, 6) is -0.0421. The number of allylic oxidation sites excluding steroid dienone is 1. The van der Waals surface area contributed by atoms with Crippen molar-refractivity contribution >= 4 is 22.5 Å². The van der Waals surface area contributed by atoms with Crippen molar-refractivity contribution in [3.63, 3.8) is 0 Å². The van der Waals surface area contributed by atoms with Gasteiger partial charge in [-0.25, -0.2) is 0 Å². The second-order valence-corrected chi connectivity index (χ2v) is 9.28. The van der Waals surface area contributed by atoms with Crippen molar-refractivity contribution in [3.8, 4) is 11.1 Å². The number of nitrogens with one attached hydrogen (secondary N) is 1. The Morgan fingerprint density at radius 1 is 1.18 bits per heavy atom. The Morgan fingerprint density at radius 2 is 2.00 bits per heavy atom. The van der Waals surface area contributed by atoms with Crippen molar-refractivity contribution in [1.82, 2.24) is 14.9 Å². The molecule has 1 aromatic carbocycles. The molecule has 0 radical (unpaired) electrons. The maximum Gasteiger partial charge on any atom is 0.252 e. The van der Waals surface area contributed by atoms with Gasteiger partial charge in [-0.2, -0.15) is 0 Å². The number of carbonyl (C=O) groups excluding carboxylic acids is 1. The van der Waals surface area contributed by atoms with E-state index in [4.69, 9.17) is 0 Å². The molecule has 5 nitrogen and oxygen atoms in total. The lowest BCUT2D eigenvalue weighted by Gasteiger charge is -2.20. The fraction of sp³-hybridized carbons (Fsp3) is 0.393. The van der Waals surface area contributed by atoms with E-state index in [1.54, 1.807) is 6.20 Å². The van der Waals surface area contributed by atoms with Crippen LogP contribution in [0.2, 0.25) is 0 Å². The average Bonchev–Trinajstić information content (AvgIpc) is 3.22. The van der Waals surface area contributed by atoms with Crippen LogP contribution >= 0.6 is 0 Å². The molecule has 0 saturated heterocycles. The van der Waals surface area contributed by atoms with Crippen LogP contribution in [-0.4, -0.2) is 34.3 Å². The Balaban J connectivity index is 1.71. The molecule has 1 aliphatic rings. The van der Waals surface area contributed by atoms with Crippen molar-refractivity contribution in [1.29, 1.82) is 0 Å². The SMILES string of the molecule is CCCC1=C(CNC(=O)c2cc(-c3cccnc3C)cc3c2ccn3C(C)C)CN=C(C)C1. The first kappa shape index (κ1) is 23.0. The molecule has 0 aliphatic carbocycles. The highest BCUT2D eigenvalue weighted by molar-refractivity contribution is 6.08. The van der Waals surface area contributed by atoms with E-state index in [2.05, 4.69) is 72.0 Å². The number of fused-ring (bicyclic) bond motifs is 1. The molecule has 1 aliphatic heterocycles. The minimum absolute atomic E-state index is 0.0421. The first-order valence-corrected chi connectivity index (χ1v) is 11.9. The predicted molar refractivity (Wildman–Crippen MR) is 137 cm³/mol. The number of aryl methyl sites for hydroxylation is 1. The summed E-state index contributed by atoms with van der Waals surface area (Å²) in [6, 6.07) is 10.6. The molecular formula is C28H34N4O. The number of hydrogen-bond donors (Lipinski definition) is 1. The van der Waals surface area contributed by atoms with Crippen molar-refractivity contribution in [2.45, 2.75) is 59.9 Å². The summed E-state index contributed by atoms with van der Waals surface area (Å²) in [6.07, 6.45) is 6.98. The molecule has 1 amide bonds. The lowest BCUT2D eigenvalue weighted by atomic mass is 9.95. The largest absolute Gasteiger partial charge is 0.348 e. The summed E-state index contributed by atoms with van der Waals surface area (Å²) in [5, 5.41) is 4.18. The van der Waals surface area contributed by atoms with Gasteiger partial charge in [0.15, 0.2) is 0 Å². The summed E-state index contributed by atoms with van der Waals surface area (Å²) >= 11 is 0. The number of dihydropyridines is 1. The fourth-order valence-corrected chi connectivity index (χ4v) is 4.71. The minimum atomic E-state index is -0.0421. The van der Waals surface area contributed by atoms with E-state index >= 15 is 0 Å². The first-order chi connectivity index (χ1) is 15.9. The van der Waals surface area contributed by atoms with Gasteiger partial charge in [-0.15, -0.1) is 0 Å². The smallest absolute Gasteiger partial charge is 0.252 e. The zero-order valence-electron chi connectivity index (χ0n) is 20.4. The molecule has 0 spiro atoms. The number of nitrogens with zero attached hydrogens (tertiary/aromatic N) is 3. The van der Waals surface area contributed by atoms with Gasteiger partial charge in [0.05, 0.1) is 6.54 Å². The standard InChI is InChI=1S/C28H34N4O/c1-6-8-21-13-19(4)30-16-23(21)17-31-28(33)26-14-22(24-9-7-11-29-20(24)5)15-27-25(26)10-12-32(27)18(2)3/h7,9-12,14-15,18H,6,8,13,16-17H2,1-5H3,(H,31,33). The predicted octanol–water partition coefficient (Wildman–Crippen LogP) is 6.28. The monoisotopic (exact) mass is 442 g/mol. The third-order valence-electron chi connectivity index (χ3n) is 6.48. The van der Waals surface area contributed by atoms with Crippen LogP contribution in [0.5, 0.6) is 0 Å². The minimum Gasteiger partial charge on any atom is -0.348 e. The molecule has 4 rings (SSSR count). The van der Waals surface area contributed by atoms with E-state index in [1.807, 2.05) is 19.1 Å². The van der Waals surface area contributed by atoms with E-state index in [1.165, 1.54) is 16.9 Å². The van der Waals surface area contributed by atoms with Crippen molar-refractivity contribution in [3.05, 3.63) is 65.1 Å². The van der Waals surface area contributed by atoms with Crippen LogP contribution in [0.25, 0.3) is 22.0 Å². The summed E-state index contributed by atoms with van der Waals surface area (Å²) in [6.45, 7) is 11.9. The maximum absolute atomic E-state index is 13.5. The third-order valence-corrected chi connectivity index (χ3v) is 6.48. The van der Waals surface area contributed by atoms with Gasteiger partial charge in [0.25, 0.3) is 5.91 Å². The van der Waals surface area contributed by atoms with Crippen molar-refractivity contribution < 1.29 is 4.79 Å². The van der Waals surface area contributed by atoms with E-state index in [0.717, 1.165) is 47.0 Å². The van der Waals surface area contributed by atoms with Gasteiger partial charge in [0, 0.05) is 64.8 Å². The Morgan fingerprint density at radius 3 is 2.73 bits per heavy atom. The molecule has 3 heterocycles. The quantitative estimate of drug-likeness (QED) is 0.438. The highest BCUT2D eigenvalue weighted by Crippen LogP contribution is 2.31. The highest BCUT2D eigenvalue weighted by Gasteiger charge is 2.19. The summed E-state index contributed by atoms with van der Waals surface area (Å²) in [7, 11) is 0. The number of aliphatic imine (C=N–C) groups is 1. The van der Waals surface area contributed by atoms with E-state index in [0.29, 0.717) is 24.7 Å². The maximum atomic E-state index is 13.5.